The number of anilines is 1. The molecule has 0 saturated carbocycles. The second-order valence-corrected chi connectivity index (χ2v) is 10.6. The number of hydrogen-bond donors (Lipinski definition) is 6. The van der Waals surface area contributed by atoms with E-state index in [1.807, 2.05) is 0 Å². The Hall–Kier alpha value is -3.88. The topological polar surface area (TPSA) is 254 Å². The Balaban J connectivity index is 1.56. The van der Waals surface area contributed by atoms with Gasteiger partial charge < -0.3 is 21.6 Å². The number of amidine groups is 1. The highest BCUT2D eigenvalue weighted by Crippen LogP contribution is 2.41. The molecule has 1 saturated heterocycles. The molecule has 4 heterocycles. The van der Waals surface area contributed by atoms with Crippen LogP contribution in [-0.4, -0.2) is 78.0 Å². The molecule has 0 bridgehead atoms. The lowest BCUT2D eigenvalue weighted by Gasteiger charge is -2.50. The second-order valence-electron chi connectivity index (χ2n) is 7.62. The third kappa shape index (κ3) is 5.23. The molecular formula is C18H22N12O5S3. The van der Waals surface area contributed by atoms with Gasteiger partial charge in [0.05, 0.1) is 5.70 Å². The molecule has 2 aliphatic rings. The zero-order valence-corrected chi connectivity index (χ0v) is 22.3. The number of amides is 2. The molecule has 2 aromatic heterocycles. The van der Waals surface area contributed by atoms with E-state index in [1.165, 1.54) is 28.5 Å². The first-order valence-corrected chi connectivity index (χ1v) is 13.5. The summed E-state index contributed by atoms with van der Waals surface area (Å²) in [7, 11) is 2.82. The van der Waals surface area contributed by atoms with Gasteiger partial charge in [-0.2, -0.15) is 4.98 Å². The van der Waals surface area contributed by atoms with Crippen LogP contribution in [0.15, 0.2) is 41.7 Å². The number of fused-ring (bicyclic) bond motifs is 1. The van der Waals surface area contributed by atoms with Crippen LogP contribution in [0.25, 0.3) is 0 Å². The summed E-state index contributed by atoms with van der Waals surface area (Å²) in [6.07, 6.45) is 0. The minimum Gasteiger partial charge on any atom is -0.398 e. The molecule has 4 rings (SSSR count). The Bertz CT molecular complexity index is 1480. The molecule has 202 valence electrons. The standard InChI is InChI=1S/C18H22N12O5S3/c1-29-18(24-13(32)14(33)26-29)38-4-6-3-36-16-9(15(34)30(16)10(6)11(19)25-28-21)23-12(31)8(27-35-2)7-5-37-17(20)22-7/h5,9,16,28H,3-4,21H2,1-2H3,(H2,19,25)(H2,20,22)(H,23,31)(H,26,33)/b27-8-/t9-,16-/m1/s1. The number of aromatic amines is 1. The number of thiazole rings is 1. The van der Waals surface area contributed by atoms with E-state index in [9.17, 15) is 19.2 Å². The highest BCUT2D eigenvalue weighted by Gasteiger charge is 2.53. The van der Waals surface area contributed by atoms with E-state index in [1.54, 1.807) is 12.4 Å². The SMILES string of the molecule is CO/N=C(\C(=O)N[C@@H]1C(=O)N2C(/C(N)=N/NN)=C(CSc3nc(=O)c(=O)[nH]n3C)CS[C@H]12)c1csc(N)n1. The number of rotatable bonds is 9. The summed E-state index contributed by atoms with van der Waals surface area (Å²) < 4.78 is 1.32. The van der Waals surface area contributed by atoms with Crippen LogP contribution in [0.5, 0.6) is 0 Å². The average molecular weight is 583 g/mol. The lowest BCUT2D eigenvalue weighted by atomic mass is 10.0. The summed E-state index contributed by atoms with van der Waals surface area (Å²) in [5.74, 6) is 4.83. The predicted molar refractivity (Wildman–Crippen MR) is 142 cm³/mol. The van der Waals surface area contributed by atoms with Crippen LogP contribution in [0.2, 0.25) is 0 Å². The van der Waals surface area contributed by atoms with E-state index < -0.39 is 34.3 Å². The summed E-state index contributed by atoms with van der Waals surface area (Å²) in [6.45, 7) is 0. The molecule has 2 atom stereocenters. The van der Waals surface area contributed by atoms with Crippen molar-refractivity contribution in [3.63, 3.8) is 0 Å². The van der Waals surface area contributed by atoms with Crippen molar-refractivity contribution in [1.82, 2.24) is 35.5 Å². The van der Waals surface area contributed by atoms with Gasteiger partial charge in [0.1, 0.15) is 24.2 Å². The van der Waals surface area contributed by atoms with Crippen LogP contribution in [0, 0.1) is 0 Å². The maximum atomic E-state index is 13.2. The molecule has 2 aromatic rings. The third-order valence-corrected chi connectivity index (χ3v) is 8.38. The Morgan fingerprint density at radius 1 is 1.37 bits per heavy atom. The zero-order chi connectivity index (χ0) is 27.6. The number of hydrogen-bond acceptors (Lipinski definition) is 15. The fourth-order valence-corrected chi connectivity index (χ4v) is 6.56. The van der Waals surface area contributed by atoms with E-state index in [4.69, 9.17) is 22.1 Å². The van der Waals surface area contributed by atoms with E-state index in [0.29, 0.717) is 17.0 Å². The molecule has 0 radical (unpaired) electrons. The molecule has 17 nitrogen and oxygen atoms in total. The van der Waals surface area contributed by atoms with Crippen LogP contribution in [0.1, 0.15) is 5.69 Å². The molecule has 38 heavy (non-hydrogen) atoms. The predicted octanol–water partition coefficient (Wildman–Crippen LogP) is -2.96. The van der Waals surface area contributed by atoms with E-state index in [2.05, 4.69) is 36.2 Å². The molecule has 2 amide bonds. The number of thioether (sulfide) groups is 2. The fourth-order valence-electron chi connectivity index (χ4n) is 3.61. The fraction of sp³-hybridized carbons (Fsp3) is 0.333. The largest absolute Gasteiger partial charge is 0.398 e. The summed E-state index contributed by atoms with van der Waals surface area (Å²) in [5, 5.41) is 14.2. The number of nitrogens with two attached hydrogens (primary N) is 3. The van der Waals surface area contributed by atoms with Gasteiger partial charge in [-0.3, -0.25) is 33.9 Å². The number of aromatic nitrogens is 4. The maximum absolute atomic E-state index is 13.2. The number of carbonyl (C=O) groups excluding carboxylic acids is 2. The van der Waals surface area contributed by atoms with E-state index in [-0.39, 0.29) is 33.3 Å². The van der Waals surface area contributed by atoms with Gasteiger partial charge in [0.2, 0.25) is 0 Å². The first-order chi connectivity index (χ1) is 18.2. The molecule has 2 aliphatic heterocycles. The number of nitrogen functional groups attached to an aromatic ring is 1. The molecule has 9 N–H and O–H groups in total. The van der Waals surface area contributed by atoms with Gasteiger partial charge in [0.25, 0.3) is 11.8 Å². The molecule has 0 spiro atoms. The van der Waals surface area contributed by atoms with Crippen LogP contribution < -0.4 is 39.3 Å². The Morgan fingerprint density at radius 2 is 2.13 bits per heavy atom. The number of carbonyl (C=O) groups is 2. The molecular weight excluding hydrogens is 560 g/mol. The minimum absolute atomic E-state index is 0.0468. The van der Waals surface area contributed by atoms with Crippen LogP contribution in [0.3, 0.4) is 0 Å². The van der Waals surface area contributed by atoms with Gasteiger partial charge in [0.15, 0.2) is 21.8 Å². The van der Waals surface area contributed by atoms with Crippen molar-refractivity contribution in [1.29, 1.82) is 0 Å². The van der Waals surface area contributed by atoms with Crippen LogP contribution >= 0.6 is 34.9 Å². The minimum atomic E-state index is -0.917. The van der Waals surface area contributed by atoms with Crippen molar-refractivity contribution < 1.29 is 14.4 Å². The second kappa shape index (κ2) is 11.2. The maximum Gasteiger partial charge on any atom is 0.339 e. The van der Waals surface area contributed by atoms with Gasteiger partial charge in [-0.1, -0.05) is 16.9 Å². The van der Waals surface area contributed by atoms with E-state index in [0.717, 1.165) is 23.1 Å². The molecule has 0 unspecified atom stereocenters. The summed E-state index contributed by atoms with van der Waals surface area (Å²) in [5.41, 5.74) is 13.2. The van der Waals surface area contributed by atoms with Gasteiger partial charge >= 0.3 is 11.1 Å². The number of nitrogens with one attached hydrogen (secondary N) is 3. The summed E-state index contributed by atoms with van der Waals surface area (Å²) >= 11 is 3.68. The molecule has 0 aliphatic carbocycles. The van der Waals surface area contributed by atoms with Crippen molar-refractivity contribution in [3.8, 4) is 0 Å². The van der Waals surface area contributed by atoms with Gasteiger partial charge in [-0.15, -0.1) is 28.2 Å². The van der Waals surface area contributed by atoms with Crippen molar-refractivity contribution in [3.05, 3.63) is 43.1 Å². The molecule has 20 heteroatoms. The summed E-state index contributed by atoms with van der Waals surface area (Å²) in [6, 6.07) is -0.893. The lowest BCUT2D eigenvalue weighted by Crippen LogP contribution is -2.71. The normalized spacial score (nSPS) is 19.7. The number of hydrazine groups is 1. The van der Waals surface area contributed by atoms with Crippen molar-refractivity contribution in [2.24, 2.45) is 28.9 Å². The number of H-pyrrole nitrogens is 1. The highest BCUT2D eigenvalue weighted by atomic mass is 32.2. The Labute approximate surface area is 225 Å². The average Bonchev–Trinajstić information content (AvgIpc) is 3.32. The smallest absolute Gasteiger partial charge is 0.339 e. The molecule has 0 aromatic carbocycles. The lowest BCUT2D eigenvalue weighted by molar-refractivity contribution is -0.144. The van der Waals surface area contributed by atoms with Gasteiger partial charge in [-0.05, 0) is 5.57 Å². The van der Waals surface area contributed by atoms with E-state index >= 15 is 0 Å². The van der Waals surface area contributed by atoms with Gasteiger partial charge in [-0.25, -0.2) is 16.4 Å². The van der Waals surface area contributed by atoms with Crippen molar-refractivity contribution in [2.45, 2.75) is 16.6 Å². The number of aryl methyl sites for hydroxylation is 1. The van der Waals surface area contributed by atoms with Crippen molar-refractivity contribution >= 4 is 63.4 Å². The van der Waals surface area contributed by atoms with Gasteiger partial charge in [0, 0.05) is 23.9 Å². The zero-order valence-electron chi connectivity index (χ0n) is 19.8. The number of β-lactam (4-membered cyclic amide) rings is 1. The monoisotopic (exact) mass is 582 g/mol. The molecule has 1 fully saturated rings. The Morgan fingerprint density at radius 3 is 2.79 bits per heavy atom. The van der Waals surface area contributed by atoms with Crippen LogP contribution in [0.4, 0.5) is 5.13 Å². The first kappa shape index (κ1) is 27.2. The number of hydrazone groups is 1. The number of oxime groups is 1. The quantitative estimate of drug-likeness (QED) is 0.0329. The number of nitrogens with zero attached hydrogens (tertiary/aromatic N) is 6. The Kier molecular flexibility index (Phi) is 8.04. The highest BCUT2D eigenvalue weighted by molar-refractivity contribution is 8.01. The summed E-state index contributed by atoms with van der Waals surface area (Å²) in [4.78, 5) is 63.4. The third-order valence-electron chi connectivity index (χ3n) is 5.25. The van der Waals surface area contributed by atoms with Crippen molar-refractivity contribution in [2.75, 3.05) is 24.3 Å². The first-order valence-electron chi connectivity index (χ1n) is 10.6. The van der Waals surface area contributed by atoms with Crippen LogP contribution in [-0.2, 0) is 21.5 Å².